The first-order valence-electron chi connectivity index (χ1n) is 4.20. The Labute approximate surface area is 83.0 Å². The second kappa shape index (κ2) is 3.86. The molecule has 0 aliphatic rings. The average molecular weight is 204 g/mol. The van der Waals surface area contributed by atoms with Crippen LogP contribution < -0.4 is 0 Å². The van der Waals surface area contributed by atoms with E-state index in [9.17, 15) is 9.59 Å². The Kier molecular flexibility index (Phi) is 3.51. The molecule has 14 heavy (non-hydrogen) atoms. The summed E-state index contributed by atoms with van der Waals surface area (Å²) in [4.78, 5) is 21.7. The van der Waals surface area contributed by atoms with Gasteiger partial charge in [0.05, 0.1) is 0 Å². The van der Waals surface area contributed by atoms with Crippen molar-refractivity contribution in [3.63, 3.8) is 0 Å². The zero-order valence-corrected chi connectivity index (χ0v) is 9.08. The summed E-state index contributed by atoms with van der Waals surface area (Å²) in [6, 6.07) is 0. The molecule has 82 valence electrons. The van der Waals surface area contributed by atoms with E-state index in [1.807, 2.05) is 0 Å². The lowest BCUT2D eigenvalue weighted by molar-refractivity contribution is -0.158. The van der Waals surface area contributed by atoms with Crippen molar-refractivity contribution >= 4 is 12.1 Å². The highest BCUT2D eigenvalue weighted by Gasteiger charge is 2.33. The lowest BCUT2D eigenvalue weighted by Gasteiger charge is -2.24. The Balaban J connectivity index is 4.27. The number of carbonyl (C=O) groups is 2. The van der Waals surface area contributed by atoms with Crippen LogP contribution in [0.1, 0.15) is 34.6 Å². The Hall–Kier alpha value is -1.26. The van der Waals surface area contributed by atoms with Gasteiger partial charge in [-0.25, -0.2) is 9.59 Å². The largest absolute Gasteiger partial charge is 0.509 e. The van der Waals surface area contributed by atoms with Crippen LogP contribution in [0.4, 0.5) is 4.79 Å². The van der Waals surface area contributed by atoms with E-state index in [0.717, 1.165) is 0 Å². The molecular formula is C9H16O5. The second-order valence-electron chi connectivity index (χ2n) is 4.38. The van der Waals surface area contributed by atoms with Gasteiger partial charge in [-0.2, -0.15) is 0 Å². The van der Waals surface area contributed by atoms with Gasteiger partial charge >= 0.3 is 12.1 Å². The third-order valence-corrected chi connectivity index (χ3v) is 1.24. The van der Waals surface area contributed by atoms with Crippen molar-refractivity contribution in [2.24, 2.45) is 0 Å². The molecule has 0 aromatic carbocycles. The minimum Gasteiger partial charge on any atom is -0.478 e. The van der Waals surface area contributed by atoms with Crippen LogP contribution in [0.25, 0.3) is 0 Å². The standard InChI is InChI=1S/C9H16O5/c1-8(2,3)13-7(12)14-9(4,5)6(10)11/h1-5H3,(H,10,11). The zero-order chi connectivity index (χ0) is 11.6. The van der Waals surface area contributed by atoms with Gasteiger partial charge in [0.1, 0.15) is 5.60 Å². The van der Waals surface area contributed by atoms with E-state index >= 15 is 0 Å². The molecule has 0 aromatic heterocycles. The molecular weight excluding hydrogens is 188 g/mol. The fourth-order valence-corrected chi connectivity index (χ4v) is 0.523. The minimum atomic E-state index is -1.57. The summed E-state index contributed by atoms with van der Waals surface area (Å²) in [5.41, 5.74) is -2.26. The van der Waals surface area contributed by atoms with Crippen molar-refractivity contribution in [1.29, 1.82) is 0 Å². The minimum absolute atomic E-state index is 0.689. The molecule has 0 fully saturated rings. The van der Waals surface area contributed by atoms with Gasteiger partial charge in [-0.15, -0.1) is 0 Å². The number of carboxylic acid groups (broad SMARTS) is 1. The van der Waals surface area contributed by atoms with Gasteiger partial charge < -0.3 is 14.6 Å². The zero-order valence-electron chi connectivity index (χ0n) is 9.08. The molecule has 0 saturated heterocycles. The monoisotopic (exact) mass is 204 g/mol. The van der Waals surface area contributed by atoms with Gasteiger partial charge in [0.15, 0.2) is 0 Å². The number of hydrogen-bond donors (Lipinski definition) is 1. The van der Waals surface area contributed by atoms with Crippen molar-refractivity contribution in [1.82, 2.24) is 0 Å². The Bertz CT molecular complexity index is 236. The van der Waals surface area contributed by atoms with E-state index in [-0.39, 0.29) is 0 Å². The summed E-state index contributed by atoms with van der Waals surface area (Å²) < 4.78 is 9.41. The van der Waals surface area contributed by atoms with Crippen molar-refractivity contribution in [3.8, 4) is 0 Å². The average Bonchev–Trinajstić information content (AvgIpc) is 1.79. The van der Waals surface area contributed by atoms with Crippen LogP contribution in [0, 0.1) is 0 Å². The topological polar surface area (TPSA) is 72.8 Å². The molecule has 0 bridgehead atoms. The third kappa shape index (κ3) is 4.69. The normalized spacial score (nSPS) is 12.1. The number of aliphatic carboxylic acids is 1. The smallest absolute Gasteiger partial charge is 0.478 e. The Morgan fingerprint density at radius 1 is 1.00 bits per heavy atom. The quantitative estimate of drug-likeness (QED) is 0.694. The predicted octanol–water partition coefficient (Wildman–Crippen LogP) is 1.80. The van der Waals surface area contributed by atoms with Crippen LogP contribution in [-0.4, -0.2) is 28.4 Å². The summed E-state index contributed by atoms with van der Waals surface area (Å²) in [6.45, 7) is 7.56. The lowest BCUT2D eigenvalue weighted by Crippen LogP contribution is -2.39. The second-order valence-corrected chi connectivity index (χ2v) is 4.38. The van der Waals surface area contributed by atoms with Crippen molar-refractivity contribution in [2.45, 2.75) is 45.8 Å². The molecule has 5 nitrogen and oxygen atoms in total. The highest BCUT2D eigenvalue weighted by atomic mass is 16.7. The van der Waals surface area contributed by atoms with Crippen molar-refractivity contribution in [3.05, 3.63) is 0 Å². The first kappa shape index (κ1) is 12.7. The fraction of sp³-hybridized carbons (Fsp3) is 0.778. The lowest BCUT2D eigenvalue weighted by atomic mass is 10.1. The Morgan fingerprint density at radius 2 is 1.43 bits per heavy atom. The van der Waals surface area contributed by atoms with E-state index < -0.39 is 23.3 Å². The molecule has 0 atom stereocenters. The molecule has 0 aliphatic carbocycles. The van der Waals surface area contributed by atoms with Gasteiger partial charge in [-0.1, -0.05) is 0 Å². The Morgan fingerprint density at radius 3 is 1.71 bits per heavy atom. The number of hydrogen-bond acceptors (Lipinski definition) is 4. The molecule has 0 saturated carbocycles. The maximum Gasteiger partial charge on any atom is 0.509 e. The molecule has 0 rings (SSSR count). The fourth-order valence-electron chi connectivity index (χ4n) is 0.523. The molecule has 5 heteroatoms. The number of ether oxygens (including phenoxy) is 2. The molecule has 0 amide bonds. The summed E-state index contributed by atoms with van der Waals surface area (Å²) in [7, 11) is 0. The van der Waals surface area contributed by atoms with Gasteiger partial charge in [0.2, 0.25) is 5.60 Å². The van der Waals surface area contributed by atoms with E-state index in [4.69, 9.17) is 9.84 Å². The van der Waals surface area contributed by atoms with E-state index in [2.05, 4.69) is 4.74 Å². The van der Waals surface area contributed by atoms with Crippen molar-refractivity contribution < 1.29 is 24.2 Å². The van der Waals surface area contributed by atoms with Crippen LogP contribution in [0.5, 0.6) is 0 Å². The van der Waals surface area contributed by atoms with Crippen LogP contribution in [0.15, 0.2) is 0 Å². The number of carbonyl (C=O) groups excluding carboxylic acids is 1. The van der Waals surface area contributed by atoms with Gasteiger partial charge in [-0.05, 0) is 34.6 Å². The summed E-state index contributed by atoms with van der Waals surface area (Å²) >= 11 is 0. The van der Waals surface area contributed by atoms with E-state index in [1.54, 1.807) is 20.8 Å². The van der Waals surface area contributed by atoms with Crippen LogP contribution in [0.3, 0.4) is 0 Å². The molecule has 0 radical (unpaired) electrons. The SMILES string of the molecule is CC(C)(C)OC(=O)OC(C)(C)C(=O)O. The molecule has 0 aromatic rings. The maximum absolute atomic E-state index is 11.1. The molecule has 0 aliphatic heterocycles. The number of carboxylic acids is 1. The van der Waals surface area contributed by atoms with Gasteiger partial charge in [-0.3, -0.25) is 0 Å². The third-order valence-electron chi connectivity index (χ3n) is 1.24. The van der Waals surface area contributed by atoms with Crippen LogP contribution in [0.2, 0.25) is 0 Å². The molecule has 0 heterocycles. The first-order valence-corrected chi connectivity index (χ1v) is 4.20. The van der Waals surface area contributed by atoms with Gasteiger partial charge in [0.25, 0.3) is 0 Å². The van der Waals surface area contributed by atoms with E-state index in [0.29, 0.717) is 0 Å². The molecule has 1 N–H and O–H groups in total. The van der Waals surface area contributed by atoms with Gasteiger partial charge in [0, 0.05) is 0 Å². The summed E-state index contributed by atoms with van der Waals surface area (Å²) in [5, 5.41) is 8.66. The van der Waals surface area contributed by atoms with Crippen LogP contribution in [-0.2, 0) is 14.3 Å². The highest BCUT2D eigenvalue weighted by molar-refractivity contribution is 5.79. The van der Waals surface area contributed by atoms with E-state index in [1.165, 1.54) is 13.8 Å². The van der Waals surface area contributed by atoms with Crippen LogP contribution >= 0.6 is 0 Å². The summed E-state index contributed by atoms with van der Waals surface area (Å²) in [5.74, 6) is -1.22. The molecule has 0 unspecified atom stereocenters. The maximum atomic E-state index is 11.1. The summed E-state index contributed by atoms with van der Waals surface area (Å²) in [6.07, 6.45) is -0.982. The molecule has 0 spiro atoms. The van der Waals surface area contributed by atoms with Crippen molar-refractivity contribution in [2.75, 3.05) is 0 Å². The first-order chi connectivity index (χ1) is 6.04. The number of rotatable bonds is 2. The highest BCUT2D eigenvalue weighted by Crippen LogP contribution is 2.14. The predicted molar refractivity (Wildman–Crippen MR) is 49.0 cm³/mol.